The number of carboxylic acids is 1. The molecule has 174 valence electrons. The first-order valence-electron chi connectivity index (χ1n) is 11.7. The Kier molecular flexibility index (Phi) is 6.96. The molecule has 2 aliphatic rings. The van der Waals surface area contributed by atoms with Crippen molar-refractivity contribution >= 4 is 29.2 Å². The molecule has 0 spiro atoms. The molecule has 2 N–H and O–H groups in total. The lowest BCUT2D eigenvalue weighted by molar-refractivity contribution is -0.147. The Labute approximate surface area is 194 Å². The number of carbonyl (C=O) groups excluding carboxylic acids is 2. The monoisotopic (exact) mass is 449 g/mol. The van der Waals surface area contributed by atoms with E-state index in [2.05, 4.69) is 35.3 Å². The fourth-order valence-electron chi connectivity index (χ4n) is 4.91. The lowest BCUT2D eigenvalue weighted by Crippen LogP contribution is -2.49. The lowest BCUT2D eigenvalue weighted by atomic mass is 9.78. The fourth-order valence-corrected chi connectivity index (χ4v) is 4.91. The molecule has 2 aromatic rings. The van der Waals surface area contributed by atoms with Gasteiger partial charge in [0.1, 0.15) is 0 Å². The average molecular weight is 450 g/mol. The standard InChI is InChI=1S/C26H31N3O4/c1-18-7-6-8-19(17-18)28-13-15-29(16-14-28)25(31)22-11-4-5-12-23(22)27-24(30)20-9-2-3-10-21(20)26(32)33/h4-8,11-12,17,20-21H,2-3,9-10,13-16H2,1H3,(H,27,30)(H,32,33)/t20-,21-/m1/s1. The van der Waals surface area contributed by atoms with E-state index >= 15 is 0 Å². The number of aryl methyl sites for hydroxylation is 1. The molecule has 1 heterocycles. The van der Waals surface area contributed by atoms with Crippen LogP contribution >= 0.6 is 0 Å². The minimum atomic E-state index is -0.925. The molecule has 2 amide bonds. The molecule has 1 saturated carbocycles. The zero-order valence-electron chi connectivity index (χ0n) is 19.0. The topological polar surface area (TPSA) is 90.0 Å². The van der Waals surface area contributed by atoms with Crippen LogP contribution in [0.1, 0.15) is 41.6 Å². The van der Waals surface area contributed by atoms with E-state index in [9.17, 15) is 19.5 Å². The summed E-state index contributed by atoms with van der Waals surface area (Å²) >= 11 is 0. The van der Waals surface area contributed by atoms with Gasteiger partial charge in [-0.2, -0.15) is 0 Å². The molecular formula is C26H31N3O4. The number of nitrogens with one attached hydrogen (secondary N) is 1. The van der Waals surface area contributed by atoms with Crippen molar-refractivity contribution in [2.45, 2.75) is 32.6 Å². The number of carbonyl (C=O) groups is 3. The lowest BCUT2D eigenvalue weighted by Gasteiger charge is -2.36. The zero-order chi connectivity index (χ0) is 23.4. The van der Waals surface area contributed by atoms with Crippen LogP contribution in [0.25, 0.3) is 0 Å². The molecular weight excluding hydrogens is 418 g/mol. The minimum absolute atomic E-state index is 0.117. The number of amides is 2. The van der Waals surface area contributed by atoms with Gasteiger partial charge in [0, 0.05) is 31.9 Å². The van der Waals surface area contributed by atoms with Gasteiger partial charge < -0.3 is 20.2 Å². The van der Waals surface area contributed by atoms with Crippen molar-refractivity contribution in [2.75, 3.05) is 36.4 Å². The van der Waals surface area contributed by atoms with Gasteiger partial charge >= 0.3 is 5.97 Å². The third-order valence-corrected chi connectivity index (χ3v) is 6.77. The Morgan fingerprint density at radius 2 is 1.61 bits per heavy atom. The van der Waals surface area contributed by atoms with Crippen molar-refractivity contribution in [1.82, 2.24) is 4.90 Å². The molecule has 0 bridgehead atoms. The summed E-state index contributed by atoms with van der Waals surface area (Å²) in [6, 6.07) is 15.4. The van der Waals surface area contributed by atoms with Gasteiger partial charge in [-0.3, -0.25) is 14.4 Å². The summed E-state index contributed by atoms with van der Waals surface area (Å²) in [5.41, 5.74) is 3.26. The van der Waals surface area contributed by atoms with Crippen molar-refractivity contribution < 1.29 is 19.5 Å². The molecule has 0 radical (unpaired) electrons. The van der Waals surface area contributed by atoms with Crippen molar-refractivity contribution in [2.24, 2.45) is 11.8 Å². The predicted molar refractivity (Wildman–Crippen MR) is 127 cm³/mol. The van der Waals surface area contributed by atoms with E-state index < -0.39 is 17.8 Å². The number of hydrogen-bond donors (Lipinski definition) is 2. The number of benzene rings is 2. The molecule has 7 nitrogen and oxygen atoms in total. The van der Waals surface area contributed by atoms with E-state index in [-0.39, 0.29) is 11.8 Å². The Morgan fingerprint density at radius 1 is 0.909 bits per heavy atom. The molecule has 2 atom stereocenters. The van der Waals surface area contributed by atoms with Crippen LogP contribution in [-0.4, -0.2) is 54.0 Å². The van der Waals surface area contributed by atoms with Gasteiger partial charge in [-0.25, -0.2) is 0 Å². The first-order chi connectivity index (χ1) is 15.9. The van der Waals surface area contributed by atoms with E-state index in [1.54, 1.807) is 24.3 Å². The number of para-hydroxylation sites is 1. The second kappa shape index (κ2) is 10.1. The van der Waals surface area contributed by atoms with E-state index in [4.69, 9.17) is 0 Å². The summed E-state index contributed by atoms with van der Waals surface area (Å²) in [6.07, 6.45) is 2.73. The first-order valence-corrected chi connectivity index (χ1v) is 11.7. The van der Waals surface area contributed by atoms with Crippen molar-refractivity contribution in [1.29, 1.82) is 0 Å². The second-order valence-corrected chi connectivity index (χ2v) is 8.99. The summed E-state index contributed by atoms with van der Waals surface area (Å²) < 4.78 is 0. The summed E-state index contributed by atoms with van der Waals surface area (Å²) in [6.45, 7) is 4.75. The van der Waals surface area contributed by atoms with Crippen LogP contribution < -0.4 is 10.2 Å². The van der Waals surface area contributed by atoms with E-state index in [0.29, 0.717) is 37.2 Å². The van der Waals surface area contributed by atoms with Crippen molar-refractivity contribution in [3.63, 3.8) is 0 Å². The molecule has 33 heavy (non-hydrogen) atoms. The molecule has 7 heteroatoms. The van der Waals surface area contributed by atoms with Crippen LogP contribution in [0, 0.1) is 18.8 Å². The van der Waals surface area contributed by atoms with Gasteiger partial charge in [0.2, 0.25) is 5.91 Å². The molecule has 4 rings (SSSR count). The number of carboxylic acid groups (broad SMARTS) is 1. The highest BCUT2D eigenvalue weighted by atomic mass is 16.4. The van der Waals surface area contributed by atoms with Gasteiger partial charge in [-0.1, -0.05) is 37.1 Å². The largest absolute Gasteiger partial charge is 0.481 e. The Hall–Kier alpha value is -3.35. The number of nitrogens with zero attached hydrogens (tertiary/aromatic N) is 2. The molecule has 2 fully saturated rings. The quantitative estimate of drug-likeness (QED) is 0.725. The van der Waals surface area contributed by atoms with Gasteiger partial charge in [-0.05, 0) is 49.6 Å². The maximum Gasteiger partial charge on any atom is 0.307 e. The highest BCUT2D eigenvalue weighted by Crippen LogP contribution is 2.32. The molecule has 1 aliphatic heterocycles. The third kappa shape index (κ3) is 5.18. The van der Waals surface area contributed by atoms with Gasteiger partial charge in [0.15, 0.2) is 0 Å². The first kappa shape index (κ1) is 22.8. The zero-order valence-corrected chi connectivity index (χ0v) is 19.0. The summed E-state index contributed by atoms with van der Waals surface area (Å²) in [4.78, 5) is 42.0. The maximum absolute atomic E-state index is 13.3. The summed E-state index contributed by atoms with van der Waals surface area (Å²) in [7, 11) is 0. The minimum Gasteiger partial charge on any atom is -0.481 e. The summed E-state index contributed by atoms with van der Waals surface area (Å²) in [5, 5.41) is 12.4. The smallest absolute Gasteiger partial charge is 0.307 e. The summed E-state index contributed by atoms with van der Waals surface area (Å²) in [5.74, 6) is -2.60. The van der Waals surface area contributed by atoms with Gasteiger partial charge in [0.25, 0.3) is 5.91 Å². The second-order valence-electron chi connectivity index (χ2n) is 8.99. The molecule has 2 aromatic carbocycles. The van der Waals surface area contributed by atoms with Gasteiger partial charge in [-0.15, -0.1) is 0 Å². The Morgan fingerprint density at radius 3 is 2.30 bits per heavy atom. The van der Waals surface area contributed by atoms with Gasteiger partial charge in [0.05, 0.1) is 23.1 Å². The van der Waals surface area contributed by atoms with Crippen molar-refractivity contribution in [3.05, 3.63) is 59.7 Å². The number of aliphatic carboxylic acids is 1. The number of piperazine rings is 1. The van der Waals surface area contributed by atoms with Crippen LogP contribution in [0.2, 0.25) is 0 Å². The van der Waals surface area contributed by atoms with E-state index in [0.717, 1.165) is 31.6 Å². The highest BCUT2D eigenvalue weighted by molar-refractivity contribution is 6.04. The fraction of sp³-hybridized carbons (Fsp3) is 0.423. The molecule has 0 unspecified atom stereocenters. The van der Waals surface area contributed by atoms with Crippen LogP contribution in [0.4, 0.5) is 11.4 Å². The maximum atomic E-state index is 13.3. The van der Waals surface area contributed by atoms with Crippen LogP contribution in [0.3, 0.4) is 0 Å². The predicted octanol–water partition coefficient (Wildman–Crippen LogP) is 3.79. The van der Waals surface area contributed by atoms with E-state index in [1.165, 1.54) is 5.56 Å². The van der Waals surface area contributed by atoms with Crippen molar-refractivity contribution in [3.8, 4) is 0 Å². The molecule has 1 saturated heterocycles. The molecule has 1 aliphatic carbocycles. The molecule has 0 aromatic heterocycles. The number of hydrogen-bond acceptors (Lipinski definition) is 4. The Balaban J connectivity index is 1.43. The normalized spacial score (nSPS) is 20.9. The van der Waals surface area contributed by atoms with E-state index in [1.807, 2.05) is 11.0 Å². The number of rotatable bonds is 5. The number of anilines is 2. The van der Waals surface area contributed by atoms with Crippen LogP contribution in [-0.2, 0) is 9.59 Å². The average Bonchev–Trinajstić information content (AvgIpc) is 2.84. The highest BCUT2D eigenvalue weighted by Gasteiger charge is 2.36. The Bertz CT molecular complexity index is 1030. The van der Waals surface area contributed by atoms with Crippen LogP contribution in [0.15, 0.2) is 48.5 Å². The third-order valence-electron chi connectivity index (χ3n) is 6.77. The SMILES string of the molecule is Cc1cccc(N2CCN(C(=O)c3ccccc3NC(=O)[C@@H]3CCCC[C@H]3C(=O)O)CC2)c1. The van der Waals surface area contributed by atoms with Crippen LogP contribution in [0.5, 0.6) is 0 Å².